The number of benzene rings is 6. The number of ether oxygens (including phenoxy) is 1. The number of nitrogens with zero attached hydrogens (tertiary/aromatic N) is 3. The fourth-order valence-corrected chi connectivity index (χ4v) is 7.26. The molecule has 0 amide bonds. The lowest BCUT2D eigenvalue weighted by molar-refractivity contribution is -0.133. The third-order valence-corrected chi connectivity index (χ3v) is 11.1. The van der Waals surface area contributed by atoms with E-state index < -0.39 is 11.9 Å². The van der Waals surface area contributed by atoms with Crippen LogP contribution in [0.2, 0.25) is 0 Å². The van der Waals surface area contributed by atoms with Gasteiger partial charge in [-0.15, -0.1) is 0 Å². The van der Waals surface area contributed by atoms with Crippen LogP contribution in [0.25, 0.3) is 58.3 Å². The van der Waals surface area contributed by atoms with E-state index in [1.807, 2.05) is 85.0 Å². The molecule has 0 radical (unpaired) electrons. The van der Waals surface area contributed by atoms with E-state index in [2.05, 4.69) is 119 Å². The molecular formula is C62H55N3O5. The molecule has 6 rings (SSSR count). The lowest BCUT2D eigenvalue weighted by Crippen LogP contribution is -2.09. The number of allylic oxidation sites excluding steroid dienone is 4. The molecule has 0 aliphatic heterocycles. The van der Waals surface area contributed by atoms with Crippen molar-refractivity contribution < 1.29 is 24.5 Å². The second-order valence-electron chi connectivity index (χ2n) is 16.3. The number of carboxylic acid groups (broad SMARTS) is 2. The standard InChI is InChI=1S/C62H55N3O5/c1-4-5-6-7-8-13-44-70-58-42-34-52(35-43-58)19-18-51-32-40-57(41-33-51)65(55-36-28-49(29-37-55)16-11-9-14-47-20-24-53(25-21-47)45-59(63-2)61(66)67)56-38-30-50(31-39-56)17-12-10-15-48-22-26-54(27-23-48)46-60(64-3)62(68)69/h9-12,14-43,45-46H,4-8,13,44H2,1H3,(H,66,67)(H,68,69). The molecule has 0 saturated carbocycles. The highest BCUT2D eigenvalue weighted by atomic mass is 16.5. The van der Waals surface area contributed by atoms with Crippen molar-refractivity contribution in [2.75, 3.05) is 11.5 Å². The van der Waals surface area contributed by atoms with E-state index in [0.717, 1.165) is 69.2 Å². The zero-order valence-electron chi connectivity index (χ0n) is 39.2. The lowest BCUT2D eigenvalue weighted by Gasteiger charge is -2.26. The predicted molar refractivity (Wildman–Crippen MR) is 289 cm³/mol. The molecule has 70 heavy (non-hydrogen) atoms. The SMILES string of the molecule is [C-]#[N+]C(=Cc1ccc(C=CC=Cc2ccc(N(c3ccc(C=CC=Cc4ccc(C=C([N+]#[C-])C(=O)O)cc4)cc3)c3ccc(C=Cc4ccc(OCCCCCCCC)cc4)cc3)cc2)cc1)C(=O)O. The average Bonchev–Trinajstić information content (AvgIpc) is 3.38. The second-order valence-corrected chi connectivity index (χ2v) is 16.3. The molecule has 0 bridgehead atoms. The number of hydrogen-bond donors (Lipinski definition) is 2. The molecule has 0 aliphatic rings. The first kappa shape index (κ1) is 50.4. The van der Waals surface area contributed by atoms with Crippen molar-refractivity contribution in [3.63, 3.8) is 0 Å². The Morgan fingerprint density at radius 3 is 1.09 bits per heavy atom. The maximum absolute atomic E-state index is 11.2. The van der Waals surface area contributed by atoms with E-state index in [-0.39, 0.29) is 11.4 Å². The molecule has 0 heterocycles. The molecule has 348 valence electrons. The molecule has 8 heteroatoms. The molecule has 0 fully saturated rings. The summed E-state index contributed by atoms with van der Waals surface area (Å²) in [5, 5.41) is 18.3. The maximum atomic E-state index is 11.2. The van der Waals surface area contributed by atoms with Gasteiger partial charge in [-0.2, -0.15) is 0 Å². The fraction of sp³-hybridized carbons (Fsp3) is 0.129. The molecule has 0 unspecified atom stereocenters. The number of rotatable bonds is 23. The van der Waals surface area contributed by atoms with Gasteiger partial charge in [0, 0.05) is 17.1 Å². The summed E-state index contributed by atoms with van der Waals surface area (Å²) in [6.45, 7) is 17.1. The minimum absolute atomic E-state index is 0.327. The Morgan fingerprint density at radius 1 is 0.443 bits per heavy atom. The zero-order valence-corrected chi connectivity index (χ0v) is 39.2. The van der Waals surface area contributed by atoms with E-state index in [9.17, 15) is 9.59 Å². The van der Waals surface area contributed by atoms with Gasteiger partial charge in [-0.1, -0.05) is 197 Å². The van der Waals surface area contributed by atoms with Crippen molar-refractivity contribution in [3.8, 4) is 5.75 Å². The Kier molecular flexibility index (Phi) is 19.4. The van der Waals surface area contributed by atoms with Crippen LogP contribution in [0.15, 0.2) is 181 Å². The number of unbranched alkanes of at least 4 members (excludes halogenated alkanes) is 5. The molecule has 6 aromatic rings. The van der Waals surface area contributed by atoms with Crippen molar-refractivity contribution in [2.24, 2.45) is 0 Å². The molecular weight excluding hydrogens is 867 g/mol. The van der Waals surface area contributed by atoms with Gasteiger partial charge in [-0.3, -0.25) is 9.59 Å². The van der Waals surface area contributed by atoms with E-state index in [4.69, 9.17) is 28.1 Å². The summed E-state index contributed by atoms with van der Waals surface area (Å²) < 4.78 is 5.98. The first-order chi connectivity index (χ1) is 34.2. The largest absolute Gasteiger partial charge is 0.494 e. The molecule has 0 saturated heterocycles. The zero-order chi connectivity index (χ0) is 49.3. The van der Waals surface area contributed by atoms with Gasteiger partial charge < -0.3 is 19.8 Å². The van der Waals surface area contributed by atoms with Crippen LogP contribution < -0.4 is 9.64 Å². The van der Waals surface area contributed by atoms with E-state index >= 15 is 0 Å². The van der Waals surface area contributed by atoms with Crippen molar-refractivity contribution in [1.29, 1.82) is 0 Å². The summed E-state index contributed by atoms with van der Waals surface area (Å²) in [5.41, 5.74) is 9.76. The molecule has 8 nitrogen and oxygen atoms in total. The quantitative estimate of drug-likeness (QED) is 0.0218. The molecule has 6 aromatic carbocycles. The Morgan fingerprint density at radius 2 is 0.743 bits per heavy atom. The van der Waals surface area contributed by atoms with E-state index in [0.29, 0.717) is 11.1 Å². The van der Waals surface area contributed by atoms with Gasteiger partial charge >= 0.3 is 11.9 Å². The van der Waals surface area contributed by atoms with Crippen LogP contribution in [0.4, 0.5) is 17.1 Å². The number of hydrogen-bond acceptors (Lipinski definition) is 4. The third-order valence-electron chi connectivity index (χ3n) is 11.1. The summed E-state index contributed by atoms with van der Waals surface area (Å²) >= 11 is 0. The van der Waals surface area contributed by atoms with Gasteiger partial charge in [-0.05, 0) is 112 Å². The number of carbonyl (C=O) groups is 2. The smallest absolute Gasteiger partial charge is 0.333 e. The first-order valence-electron chi connectivity index (χ1n) is 23.3. The monoisotopic (exact) mass is 921 g/mol. The van der Waals surface area contributed by atoms with E-state index in [1.54, 1.807) is 24.3 Å². The van der Waals surface area contributed by atoms with E-state index in [1.165, 1.54) is 44.3 Å². The number of aliphatic carboxylic acids is 2. The van der Waals surface area contributed by atoms with Gasteiger partial charge in [-0.25, -0.2) is 9.69 Å². The topological polar surface area (TPSA) is 95.8 Å². The van der Waals surface area contributed by atoms with Crippen LogP contribution in [0.5, 0.6) is 5.75 Å². The minimum atomic E-state index is -1.24. The highest BCUT2D eigenvalue weighted by Crippen LogP contribution is 2.35. The lowest BCUT2D eigenvalue weighted by atomic mass is 10.1. The van der Waals surface area contributed by atoms with Crippen LogP contribution in [0.1, 0.15) is 90.0 Å². The van der Waals surface area contributed by atoms with Gasteiger partial charge in [0.15, 0.2) is 0 Å². The molecule has 0 atom stereocenters. The summed E-state index contributed by atoms with van der Waals surface area (Å²) in [6, 6.07) is 48.2. The number of carboxylic acids is 2. The maximum Gasteiger partial charge on any atom is 0.333 e. The van der Waals surface area contributed by atoms with Crippen LogP contribution in [0.3, 0.4) is 0 Å². The van der Waals surface area contributed by atoms with Crippen LogP contribution >= 0.6 is 0 Å². The minimum Gasteiger partial charge on any atom is -0.494 e. The predicted octanol–water partition coefficient (Wildman–Crippen LogP) is 16.2. The van der Waals surface area contributed by atoms with Crippen molar-refractivity contribution in [3.05, 3.63) is 249 Å². The molecule has 0 aliphatic carbocycles. The summed E-state index contributed by atoms with van der Waals surface area (Å²) in [6.07, 6.45) is 30.2. The molecule has 0 spiro atoms. The van der Waals surface area contributed by atoms with Crippen molar-refractivity contribution in [1.82, 2.24) is 0 Å². The van der Waals surface area contributed by atoms with Crippen LogP contribution in [-0.2, 0) is 9.59 Å². The third kappa shape index (κ3) is 16.1. The van der Waals surface area contributed by atoms with Gasteiger partial charge in [0.25, 0.3) is 11.4 Å². The van der Waals surface area contributed by atoms with Crippen molar-refractivity contribution >= 4 is 77.6 Å². The summed E-state index contributed by atoms with van der Waals surface area (Å²) in [4.78, 5) is 30.7. The van der Waals surface area contributed by atoms with Gasteiger partial charge in [0.1, 0.15) is 5.75 Å². The highest BCUT2D eigenvalue weighted by Gasteiger charge is 2.13. The summed E-state index contributed by atoms with van der Waals surface area (Å²) in [5.74, 6) is -1.59. The second kappa shape index (κ2) is 27.0. The highest BCUT2D eigenvalue weighted by molar-refractivity contribution is 5.94. The van der Waals surface area contributed by atoms with Gasteiger partial charge in [0.05, 0.1) is 19.8 Å². The molecule has 0 aromatic heterocycles. The first-order valence-corrected chi connectivity index (χ1v) is 23.3. The Balaban J connectivity index is 1.14. The normalized spacial score (nSPS) is 12.0. The Labute approximate surface area is 411 Å². The van der Waals surface area contributed by atoms with Crippen LogP contribution in [-0.4, -0.2) is 28.8 Å². The van der Waals surface area contributed by atoms with Crippen LogP contribution in [0, 0.1) is 13.1 Å². The average molecular weight is 922 g/mol. The Hall–Kier alpha value is -8.98. The Bertz CT molecular complexity index is 2810. The van der Waals surface area contributed by atoms with Gasteiger partial charge in [0.2, 0.25) is 0 Å². The summed E-state index contributed by atoms with van der Waals surface area (Å²) in [7, 11) is 0. The molecule has 2 N–H and O–H groups in total. The fourth-order valence-electron chi connectivity index (χ4n) is 7.26. The van der Waals surface area contributed by atoms with Crippen molar-refractivity contribution in [2.45, 2.75) is 45.4 Å². The number of anilines is 3.